The molecule has 0 saturated carbocycles. The number of ketones is 2. The average molecular weight is 814 g/mol. The van der Waals surface area contributed by atoms with Gasteiger partial charge in [-0.05, 0) is 103 Å². The van der Waals surface area contributed by atoms with Crippen molar-refractivity contribution in [2.75, 3.05) is 0 Å². The van der Waals surface area contributed by atoms with Crippen molar-refractivity contribution >= 4 is 82.4 Å². The Morgan fingerprint density at radius 2 is 0.906 bits per heavy atom. The molecule has 6 aliphatic carbocycles. The van der Waals surface area contributed by atoms with E-state index in [1.54, 1.807) is 0 Å². The van der Waals surface area contributed by atoms with Crippen LogP contribution in [0.4, 0.5) is 0 Å². The smallest absolute Gasteiger partial charge is 0.171 e. The molecule has 0 aliphatic heterocycles. The Morgan fingerprint density at radius 3 is 1.50 bits per heavy atom. The second-order valence-electron chi connectivity index (χ2n) is 19.6. The molecule has 6 unspecified atom stereocenters. The van der Waals surface area contributed by atoms with Gasteiger partial charge in [0.1, 0.15) is 11.2 Å². The largest absolute Gasteiger partial charge is 0.455 e. The van der Waals surface area contributed by atoms with E-state index in [-0.39, 0.29) is 46.1 Å². The molecule has 18 rings (SSSR count). The first-order chi connectivity index (χ1) is 31.6. The molecule has 0 amide bonds. The van der Waals surface area contributed by atoms with E-state index in [0.717, 1.165) is 98.8 Å². The SMILES string of the molecule is O=C1c2cc3c(cc2C2c4ccccc4C24c2ccccc2C14)c1cc2c(oc4ccc5ccccc5c42)c2c4cc5c(cc4n3c12)C(=O)C1c2ccccc2C12c1ccccc1C52. The maximum atomic E-state index is 15.3. The molecule has 0 saturated heterocycles. The molecule has 294 valence electrons. The van der Waals surface area contributed by atoms with Crippen molar-refractivity contribution in [1.82, 2.24) is 4.40 Å². The number of hydrogen-bond acceptors (Lipinski definition) is 3. The van der Waals surface area contributed by atoms with E-state index in [1.807, 2.05) is 0 Å². The maximum Gasteiger partial charge on any atom is 0.171 e. The van der Waals surface area contributed by atoms with Crippen LogP contribution in [0.2, 0.25) is 0 Å². The molecule has 0 radical (unpaired) electrons. The van der Waals surface area contributed by atoms with Crippen molar-refractivity contribution in [2.45, 2.75) is 34.5 Å². The highest BCUT2D eigenvalue weighted by atomic mass is 16.3. The normalized spacial score (nSPS) is 24.8. The molecule has 0 bridgehead atoms. The zero-order valence-electron chi connectivity index (χ0n) is 34.1. The van der Waals surface area contributed by atoms with E-state index < -0.39 is 0 Å². The highest BCUT2D eigenvalue weighted by molar-refractivity contribution is 6.35. The number of fused-ring (bicyclic) bond motifs is 24. The molecule has 3 heterocycles. The summed E-state index contributed by atoms with van der Waals surface area (Å²) >= 11 is 0. The fourth-order valence-corrected chi connectivity index (χ4v) is 15.5. The van der Waals surface area contributed by atoms with Gasteiger partial charge >= 0.3 is 0 Å². The third-order valence-corrected chi connectivity index (χ3v) is 17.6. The van der Waals surface area contributed by atoms with E-state index in [9.17, 15) is 0 Å². The first-order valence-corrected chi connectivity index (χ1v) is 22.6. The minimum Gasteiger partial charge on any atom is -0.455 e. The van der Waals surface area contributed by atoms with Gasteiger partial charge in [0, 0.05) is 60.7 Å². The summed E-state index contributed by atoms with van der Waals surface area (Å²) in [6.45, 7) is 0. The highest BCUT2D eigenvalue weighted by Gasteiger charge is 2.70. The summed E-state index contributed by atoms with van der Waals surface area (Å²) in [6.07, 6.45) is 0. The summed E-state index contributed by atoms with van der Waals surface area (Å²) in [4.78, 5) is 30.6. The molecule has 6 aliphatic rings. The number of nitrogens with zero attached hydrogens (tertiary/aromatic N) is 1. The van der Waals surface area contributed by atoms with Gasteiger partial charge in [-0.2, -0.15) is 0 Å². The van der Waals surface area contributed by atoms with Crippen LogP contribution in [0.5, 0.6) is 0 Å². The lowest BCUT2D eigenvalue weighted by molar-refractivity contribution is 0.0839. The number of benzene rings is 9. The topological polar surface area (TPSA) is 51.7 Å². The molecular formula is C60H31NO3. The third kappa shape index (κ3) is 2.94. The number of rotatable bonds is 0. The van der Waals surface area contributed by atoms with Gasteiger partial charge in [-0.25, -0.2) is 0 Å². The van der Waals surface area contributed by atoms with Crippen LogP contribution in [0.3, 0.4) is 0 Å². The molecular weight excluding hydrogens is 783 g/mol. The Morgan fingerprint density at radius 1 is 0.406 bits per heavy atom. The zero-order chi connectivity index (χ0) is 41.3. The molecule has 12 aromatic rings. The number of carbonyl (C=O) groups excluding carboxylic acids is 2. The number of Topliss-reactive ketones (excluding diaryl/α,β-unsaturated/α-hetero) is 2. The molecule has 64 heavy (non-hydrogen) atoms. The van der Waals surface area contributed by atoms with Crippen molar-refractivity contribution in [3.05, 3.63) is 231 Å². The van der Waals surface area contributed by atoms with Crippen LogP contribution in [0.25, 0.3) is 70.8 Å². The number of carbonyl (C=O) groups is 2. The van der Waals surface area contributed by atoms with Crippen molar-refractivity contribution in [1.29, 1.82) is 0 Å². The molecule has 2 spiro atoms. The van der Waals surface area contributed by atoms with Gasteiger partial charge < -0.3 is 8.82 Å². The lowest BCUT2D eigenvalue weighted by atomic mass is 9.36. The fraction of sp³-hybridized carbons (Fsp3) is 0.100. The second-order valence-corrected chi connectivity index (χ2v) is 19.6. The first kappa shape index (κ1) is 31.9. The zero-order valence-corrected chi connectivity index (χ0v) is 34.1. The summed E-state index contributed by atoms with van der Waals surface area (Å²) in [5.74, 6) is 0.0955. The monoisotopic (exact) mass is 813 g/mol. The van der Waals surface area contributed by atoms with Crippen LogP contribution in [0.1, 0.15) is 100 Å². The minimum absolute atomic E-state index is 0.0632. The van der Waals surface area contributed by atoms with Gasteiger partial charge in [-0.3, -0.25) is 9.59 Å². The standard InChI is InChI=1S/C60H31NO3/c62-56-38-26-46-34(23-35(38)51-30-13-3-7-17-42(30)59(51)44-19-9-5-15-32(44)53(56)59)37-25-41-49-29-12-2-1-11-28(29)21-22-48(49)64-58(41)50-40-24-36-39(27-47(40)61(46)55(37)50)57(63)54-33-16-6-10-20-45(33)60(54)43-18-8-4-14-31(43)52(36)60/h1-27,51-54H. The quantitative estimate of drug-likeness (QED) is 0.153. The van der Waals surface area contributed by atoms with Crippen molar-refractivity contribution in [3.8, 4) is 0 Å². The Hall–Kier alpha value is -7.82. The first-order valence-electron chi connectivity index (χ1n) is 22.6. The predicted octanol–water partition coefficient (Wildman–Crippen LogP) is 13.3. The summed E-state index contributed by atoms with van der Waals surface area (Å²) < 4.78 is 9.46. The highest BCUT2D eigenvalue weighted by Crippen LogP contribution is 2.75. The average Bonchev–Trinajstić information content (AvgIpc) is 3.95. The summed E-state index contributed by atoms with van der Waals surface area (Å²) in [5, 5.41) is 8.94. The Kier molecular flexibility index (Phi) is 4.92. The summed E-state index contributed by atoms with van der Waals surface area (Å²) in [6, 6.07) is 59.2. The van der Waals surface area contributed by atoms with Crippen LogP contribution in [-0.2, 0) is 10.8 Å². The van der Waals surface area contributed by atoms with Gasteiger partial charge in [-0.15, -0.1) is 0 Å². The van der Waals surface area contributed by atoms with Crippen LogP contribution in [-0.4, -0.2) is 16.0 Å². The lowest BCUT2D eigenvalue weighted by Gasteiger charge is -2.64. The molecule has 0 N–H and O–H groups in total. The van der Waals surface area contributed by atoms with Gasteiger partial charge in [0.25, 0.3) is 0 Å². The third-order valence-electron chi connectivity index (χ3n) is 17.6. The van der Waals surface area contributed by atoms with Crippen LogP contribution < -0.4 is 0 Å². The lowest BCUT2D eigenvalue weighted by Crippen LogP contribution is -2.61. The van der Waals surface area contributed by atoms with E-state index in [0.29, 0.717) is 0 Å². The van der Waals surface area contributed by atoms with Crippen molar-refractivity contribution in [2.24, 2.45) is 0 Å². The van der Waals surface area contributed by atoms with Crippen LogP contribution >= 0.6 is 0 Å². The van der Waals surface area contributed by atoms with Gasteiger partial charge in [-0.1, -0.05) is 127 Å². The Labute approximate surface area is 364 Å². The molecule has 6 atom stereocenters. The van der Waals surface area contributed by atoms with Gasteiger partial charge in [0.2, 0.25) is 0 Å². The fourth-order valence-electron chi connectivity index (χ4n) is 15.5. The number of hydrogen-bond donors (Lipinski definition) is 0. The Balaban J connectivity index is 1.00. The molecule has 9 aromatic carbocycles. The summed E-state index contributed by atoms with van der Waals surface area (Å²) in [5.41, 5.74) is 18.0. The molecule has 3 aromatic heterocycles. The predicted molar refractivity (Wildman–Crippen MR) is 251 cm³/mol. The molecule has 4 heteroatoms. The van der Waals surface area contributed by atoms with E-state index >= 15 is 9.59 Å². The molecule has 4 nitrogen and oxygen atoms in total. The number of aromatic nitrogens is 1. The Bertz CT molecular complexity index is 4350. The minimum atomic E-state index is -0.360. The van der Waals surface area contributed by atoms with E-state index in [4.69, 9.17) is 4.42 Å². The molecule has 0 fully saturated rings. The summed E-state index contributed by atoms with van der Waals surface area (Å²) in [7, 11) is 0. The van der Waals surface area contributed by atoms with E-state index in [2.05, 4.69) is 168 Å². The van der Waals surface area contributed by atoms with Crippen LogP contribution in [0, 0.1) is 0 Å². The van der Waals surface area contributed by atoms with Crippen molar-refractivity contribution in [3.63, 3.8) is 0 Å². The van der Waals surface area contributed by atoms with Gasteiger partial charge in [0.05, 0.1) is 33.8 Å². The number of furan rings is 1. The van der Waals surface area contributed by atoms with Gasteiger partial charge in [0.15, 0.2) is 11.6 Å². The second kappa shape index (κ2) is 9.86. The maximum absolute atomic E-state index is 15.3. The van der Waals surface area contributed by atoms with Crippen LogP contribution in [0.15, 0.2) is 168 Å². The van der Waals surface area contributed by atoms with Crippen molar-refractivity contribution < 1.29 is 14.0 Å². The van der Waals surface area contributed by atoms with E-state index in [1.165, 1.54) is 38.8 Å².